The number of hydrogen-bond donors (Lipinski definition) is 1. The van der Waals surface area contributed by atoms with E-state index in [0.29, 0.717) is 18.3 Å². The second-order valence-corrected chi connectivity index (χ2v) is 6.89. The summed E-state index contributed by atoms with van der Waals surface area (Å²) < 4.78 is 36.7. The van der Waals surface area contributed by atoms with Crippen LogP contribution in [0.25, 0.3) is 0 Å². The highest BCUT2D eigenvalue weighted by Crippen LogP contribution is 2.37. The first kappa shape index (κ1) is 15.2. The van der Waals surface area contributed by atoms with Crippen LogP contribution in [-0.4, -0.2) is 24.1 Å². The van der Waals surface area contributed by atoms with E-state index in [9.17, 15) is 13.2 Å². The standard InChI is InChI=1S/C13H17F3N2OS/c14-12(13(15)16)4-5-20-9-17-6-11(20)7-18-19-8-10-2-1-3-10/h6-7,9-10,20H,1-5,8H2/b18-7+. The molecule has 1 heterocycles. The van der Waals surface area contributed by atoms with Gasteiger partial charge in [0.25, 0.3) is 0 Å². The zero-order valence-electron chi connectivity index (χ0n) is 10.9. The van der Waals surface area contributed by atoms with Crippen LogP contribution in [-0.2, 0) is 4.84 Å². The van der Waals surface area contributed by atoms with E-state index in [-0.39, 0.29) is 6.42 Å². The minimum atomic E-state index is -2.24. The van der Waals surface area contributed by atoms with Crippen molar-refractivity contribution in [2.45, 2.75) is 25.7 Å². The van der Waals surface area contributed by atoms with Crippen LogP contribution in [0.4, 0.5) is 13.2 Å². The first-order valence-electron chi connectivity index (χ1n) is 6.52. The summed E-state index contributed by atoms with van der Waals surface area (Å²) in [5.41, 5.74) is 1.67. The Morgan fingerprint density at radius 2 is 2.25 bits per heavy atom. The van der Waals surface area contributed by atoms with Gasteiger partial charge in [0.2, 0.25) is 0 Å². The average molecular weight is 306 g/mol. The molecular formula is C13H17F3N2OS. The van der Waals surface area contributed by atoms with Crippen LogP contribution >= 0.6 is 10.9 Å². The van der Waals surface area contributed by atoms with Gasteiger partial charge in [-0.3, -0.25) is 4.99 Å². The number of rotatable bonds is 7. The Labute approximate surface area is 118 Å². The lowest BCUT2D eigenvalue weighted by Crippen LogP contribution is -2.16. The summed E-state index contributed by atoms with van der Waals surface area (Å²) in [4.78, 5) is 9.99. The minimum Gasteiger partial charge on any atom is -0.395 e. The Morgan fingerprint density at radius 1 is 1.45 bits per heavy atom. The molecule has 0 bridgehead atoms. The van der Waals surface area contributed by atoms with Gasteiger partial charge in [0.1, 0.15) is 6.61 Å². The number of aliphatic imine (C=N–C) groups is 1. The Bertz CT molecular complexity index is 455. The summed E-state index contributed by atoms with van der Waals surface area (Å²) in [5, 5.41) is 3.88. The van der Waals surface area contributed by atoms with Gasteiger partial charge in [0.15, 0.2) is 5.83 Å². The molecule has 0 amide bonds. The lowest BCUT2D eigenvalue weighted by atomic mass is 9.86. The van der Waals surface area contributed by atoms with Crippen molar-refractivity contribution in [2.24, 2.45) is 16.1 Å². The molecular weight excluding hydrogens is 289 g/mol. The normalized spacial score (nSPS) is 23.8. The van der Waals surface area contributed by atoms with Crippen molar-refractivity contribution in [1.82, 2.24) is 0 Å². The molecule has 1 unspecified atom stereocenters. The maximum Gasteiger partial charge on any atom is 0.301 e. The lowest BCUT2D eigenvalue weighted by Gasteiger charge is -2.23. The van der Waals surface area contributed by atoms with Gasteiger partial charge < -0.3 is 4.84 Å². The summed E-state index contributed by atoms with van der Waals surface area (Å²) in [7, 11) is -0.855. The van der Waals surface area contributed by atoms with Crippen molar-refractivity contribution in [2.75, 3.05) is 12.4 Å². The lowest BCUT2D eigenvalue weighted by molar-refractivity contribution is 0.0768. The number of oxime groups is 1. The van der Waals surface area contributed by atoms with Crippen molar-refractivity contribution in [3.8, 4) is 0 Å². The summed E-state index contributed by atoms with van der Waals surface area (Å²) in [6.45, 7) is 0.618. The van der Waals surface area contributed by atoms with E-state index in [1.165, 1.54) is 19.3 Å². The molecule has 1 aliphatic carbocycles. The molecule has 7 heteroatoms. The van der Waals surface area contributed by atoms with E-state index in [1.54, 1.807) is 18.0 Å². The number of hydrogen-bond acceptors (Lipinski definition) is 3. The summed E-state index contributed by atoms with van der Waals surface area (Å²) in [6, 6.07) is 0. The number of nitrogens with zero attached hydrogens (tertiary/aromatic N) is 2. The van der Waals surface area contributed by atoms with Gasteiger partial charge in [-0.2, -0.15) is 19.7 Å². The van der Waals surface area contributed by atoms with Crippen LogP contribution in [0.5, 0.6) is 0 Å². The largest absolute Gasteiger partial charge is 0.395 e. The second-order valence-electron chi connectivity index (χ2n) is 4.75. The molecule has 0 aromatic heterocycles. The van der Waals surface area contributed by atoms with Gasteiger partial charge in [0.05, 0.1) is 6.21 Å². The van der Waals surface area contributed by atoms with E-state index < -0.39 is 22.8 Å². The predicted octanol–water partition coefficient (Wildman–Crippen LogP) is 4.14. The molecule has 0 N–H and O–H groups in total. The maximum atomic E-state index is 12.8. The van der Waals surface area contributed by atoms with Crippen molar-refractivity contribution >= 4 is 22.7 Å². The summed E-state index contributed by atoms with van der Waals surface area (Å²) in [6.07, 6.45) is 4.31. The van der Waals surface area contributed by atoms with Crippen molar-refractivity contribution < 1.29 is 18.0 Å². The molecule has 1 atom stereocenters. The van der Waals surface area contributed by atoms with Crippen LogP contribution in [0.2, 0.25) is 0 Å². The monoisotopic (exact) mass is 306 g/mol. The second kappa shape index (κ2) is 7.52. The van der Waals surface area contributed by atoms with Crippen LogP contribution in [0, 0.1) is 5.92 Å². The van der Waals surface area contributed by atoms with E-state index in [0.717, 1.165) is 4.91 Å². The molecule has 0 radical (unpaired) electrons. The van der Waals surface area contributed by atoms with Gasteiger partial charge >= 0.3 is 6.08 Å². The third kappa shape index (κ3) is 4.40. The highest BCUT2D eigenvalue weighted by molar-refractivity contribution is 8.32. The molecule has 1 aliphatic heterocycles. The van der Waals surface area contributed by atoms with Gasteiger partial charge in [-0.1, -0.05) is 11.6 Å². The third-order valence-corrected chi connectivity index (χ3v) is 5.33. The van der Waals surface area contributed by atoms with Crippen LogP contribution < -0.4 is 0 Å². The SMILES string of the molecule is FC(F)=C(F)CC[SH]1C=NC=C1/C=N/OCC1CCC1. The smallest absolute Gasteiger partial charge is 0.301 e. The third-order valence-electron chi connectivity index (χ3n) is 3.32. The van der Waals surface area contributed by atoms with E-state index >= 15 is 0 Å². The van der Waals surface area contributed by atoms with Gasteiger partial charge in [0, 0.05) is 23.1 Å². The molecule has 0 spiro atoms. The zero-order valence-corrected chi connectivity index (χ0v) is 11.8. The first-order valence-corrected chi connectivity index (χ1v) is 8.11. The quantitative estimate of drug-likeness (QED) is 0.428. The maximum absolute atomic E-state index is 12.8. The van der Waals surface area contributed by atoms with Gasteiger partial charge in [-0.05, 0) is 24.5 Å². The van der Waals surface area contributed by atoms with E-state index in [4.69, 9.17) is 4.84 Å². The Balaban J connectivity index is 1.73. The van der Waals surface area contributed by atoms with Crippen LogP contribution in [0.3, 0.4) is 0 Å². The fraction of sp³-hybridized carbons (Fsp3) is 0.538. The average Bonchev–Trinajstić information content (AvgIpc) is 2.80. The highest BCUT2D eigenvalue weighted by Gasteiger charge is 2.18. The molecule has 0 aromatic rings. The van der Waals surface area contributed by atoms with Gasteiger partial charge in [-0.25, -0.2) is 4.39 Å². The summed E-state index contributed by atoms with van der Waals surface area (Å²) >= 11 is 0. The molecule has 3 nitrogen and oxygen atoms in total. The van der Waals surface area contributed by atoms with Crippen LogP contribution in [0.1, 0.15) is 25.7 Å². The molecule has 112 valence electrons. The number of halogens is 3. The molecule has 0 saturated heterocycles. The van der Waals surface area contributed by atoms with E-state index in [2.05, 4.69) is 10.1 Å². The summed E-state index contributed by atoms with van der Waals surface area (Å²) in [5.74, 6) is -0.429. The van der Waals surface area contributed by atoms with Crippen LogP contribution in [0.15, 0.2) is 33.2 Å². The van der Waals surface area contributed by atoms with Gasteiger partial charge in [-0.15, -0.1) is 0 Å². The van der Waals surface area contributed by atoms with Crippen molar-refractivity contribution in [3.63, 3.8) is 0 Å². The molecule has 2 aliphatic rings. The Kier molecular flexibility index (Phi) is 5.70. The molecule has 2 rings (SSSR count). The highest BCUT2D eigenvalue weighted by atomic mass is 32.2. The topological polar surface area (TPSA) is 34.0 Å². The zero-order chi connectivity index (χ0) is 14.4. The number of thiol groups is 1. The molecule has 1 saturated carbocycles. The fourth-order valence-corrected chi connectivity index (χ4v) is 3.42. The fourth-order valence-electron chi connectivity index (χ4n) is 1.84. The molecule has 1 fully saturated rings. The predicted molar refractivity (Wildman–Crippen MR) is 77.2 cm³/mol. The molecule has 20 heavy (non-hydrogen) atoms. The van der Waals surface area contributed by atoms with Crippen molar-refractivity contribution in [3.05, 3.63) is 23.0 Å². The van der Waals surface area contributed by atoms with E-state index in [1.807, 2.05) is 0 Å². The first-order chi connectivity index (χ1) is 9.66. The molecule has 0 aromatic carbocycles. The minimum absolute atomic E-state index is 0.270. The van der Waals surface area contributed by atoms with Crippen molar-refractivity contribution in [1.29, 1.82) is 0 Å². The Morgan fingerprint density at radius 3 is 2.90 bits per heavy atom. The number of allylic oxidation sites excluding steroid dienone is 2. The Hall–Kier alpha value is -1.24.